The van der Waals surface area contributed by atoms with Gasteiger partial charge in [-0.3, -0.25) is 0 Å². The SMILES string of the molecule is Cc1nc(N2C[C@H](O)C[C@H](O)C2)c2cc[nH]c2n1. The minimum absolute atomic E-state index is 0.427. The Kier molecular flexibility index (Phi) is 2.68. The van der Waals surface area contributed by atoms with Crippen LogP contribution in [0.1, 0.15) is 12.2 Å². The molecule has 3 N–H and O–H groups in total. The Morgan fingerprint density at radius 3 is 2.72 bits per heavy atom. The number of aryl methyl sites for hydroxylation is 1. The summed E-state index contributed by atoms with van der Waals surface area (Å²) in [6.45, 7) is 2.82. The van der Waals surface area contributed by atoms with Crippen molar-refractivity contribution < 1.29 is 10.2 Å². The van der Waals surface area contributed by atoms with Crippen molar-refractivity contribution in [2.24, 2.45) is 0 Å². The number of H-pyrrole nitrogens is 1. The number of hydrogen-bond donors (Lipinski definition) is 3. The summed E-state index contributed by atoms with van der Waals surface area (Å²) in [5, 5.41) is 20.4. The highest BCUT2D eigenvalue weighted by Crippen LogP contribution is 2.26. The Morgan fingerprint density at radius 1 is 1.28 bits per heavy atom. The van der Waals surface area contributed by atoms with Gasteiger partial charge < -0.3 is 20.1 Å². The van der Waals surface area contributed by atoms with Crippen molar-refractivity contribution in [1.82, 2.24) is 15.0 Å². The molecule has 0 aliphatic carbocycles. The van der Waals surface area contributed by atoms with Crippen molar-refractivity contribution in [1.29, 1.82) is 0 Å². The van der Waals surface area contributed by atoms with Crippen LogP contribution in [0.15, 0.2) is 12.3 Å². The number of piperidine rings is 1. The Balaban J connectivity index is 2.05. The van der Waals surface area contributed by atoms with Gasteiger partial charge in [0.15, 0.2) is 0 Å². The van der Waals surface area contributed by atoms with Gasteiger partial charge in [-0.1, -0.05) is 0 Å². The summed E-state index contributed by atoms with van der Waals surface area (Å²) in [5.74, 6) is 1.45. The van der Waals surface area contributed by atoms with Gasteiger partial charge in [-0.05, 0) is 13.0 Å². The van der Waals surface area contributed by atoms with E-state index in [1.54, 1.807) is 0 Å². The molecule has 3 heterocycles. The van der Waals surface area contributed by atoms with Gasteiger partial charge in [0, 0.05) is 25.7 Å². The maximum Gasteiger partial charge on any atom is 0.143 e. The van der Waals surface area contributed by atoms with Gasteiger partial charge in [-0.15, -0.1) is 0 Å². The minimum atomic E-state index is -0.516. The quantitative estimate of drug-likeness (QED) is 0.671. The number of aromatic amines is 1. The third-order valence-electron chi connectivity index (χ3n) is 3.21. The number of anilines is 1. The van der Waals surface area contributed by atoms with E-state index < -0.39 is 12.2 Å². The molecule has 3 rings (SSSR count). The average molecular weight is 248 g/mol. The summed E-state index contributed by atoms with van der Waals surface area (Å²) in [6.07, 6.45) is 1.21. The van der Waals surface area contributed by atoms with Crippen LogP contribution in [0.4, 0.5) is 5.82 Å². The zero-order valence-corrected chi connectivity index (χ0v) is 10.2. The van der Waals surface area contributed by atoms with Crippen LogP contribution < -0.4 is 4.90 Å². The Labute approximate surface area is 104 Å². The highest BCUT2D eigenvalue weighted by molar-refractivity contribution is 5.87. The van der Waals surface area contributed by atoms with Crippen molar-refractivity contribution in [2.45, 2.75) is 25.6 Å². The van der Waals surface area contributed by atoms with Crippen molar-refractivity contribution in [2.75, 3.05) is 18.0 Å². The second-order valence-corrected chi connectivity index (χ2v) is 4.78. The van der Waals surface area contributed by atoms with Crippen molar-refractivity contribution in [3.8, 4) is 0 Å². The fraction of sp³-hybridized carbons (Fsp3) is 0.500. The van der Waals surface area contributed by atoms with Crippen LogP contribution in [-0.4, -0.2) is 50.5 Å². The van der Waals surface area contributed by atoms with E-state index in [1.165, 1.54) is 0 Å². The van der Waals surface area contributed by atoms with Crippen LogP contribution in [0.2, 0.25) is 0 Å². The molecule has 1 aliphatic rings. The molecule has 1 aliphatic heterocycles. The molecular weight excluding hydrogens is 232 g/mol. The molecule has 96 valence electrons. The van der Waals surface area contributed by atoms with E-state index in [0.29, 0.717) is 25.3 Å². The van der Waals surface area contributed by atoms with Gasteiger partial charge in [-0.2, -0.15) is 0 Å². The predicted octanol–water partition coefficient (Wildman–Crippen LogP) is 0.198. The molecule has 18 heavy (non-hydrogen) atoms. The van der Waals surface area contributed by atoms with Crippen LogP contribution in [0.5, 0.6) is 0 Å². The fourth-order valence-corrected chi connectivity index (χ4v) is 2.49. The number of rotatable bonds is 1. The predicted molar refractivity (Wildman–Crippen MR) is 67.5 cm³/mol. The third-order valence-corrected chi connectivity index (χ3v) is 3.21. The van der Waals surface area contributed by atoms with E-state index >= 15 is 0 Å². The smallest absolute Gasteiger partial charge is 0.143 e. The molecule has 0 spiro atoms. The van der Waals surface area contributed by atoms with Gasteiger partial charge in [0.05, 0.1) is 17.6 Å². The first kappa shape index (κ1) is 11.4. The van der Waals surface area contributed by atoms with Gasteiger partial charge in [0.2, 0.25) is 0 Å². The number of nitrogens with one attached hydrogen (secondary N) is 1. The molecule has 1 saturated heterocycles. The lowest BCUT2D eigenvalue weighted by atomic mass is 10.1. The van der Waals surface area contributed by atoms with E-state index in [2.05, 4.69) is 15.0 Å². The Hall–Kier alpha value is -1.66. The van der Waals surface area contributed by atoms with Gasteiger partial charge in [0.25, 0.3) is 0 Å². The molecule has 0 radical (unpaired) electrons. The summed E-state index contributed by atoms with van der Waals surface area (Å²) in [4.78, 5) is 13.7. The van der Waals surface area contributed by atoms with E-state index in [0.717, 1.165) is 16.9 Å². The summed E-state index contributed by atoms with van der Waals surface area (Å²) >= 11 is 0. The van der Waals surface area contributed by atoms with E-state index in [1.807, 2.05) is 24.1 Å². The van der Waals surface area contributed by atoms with E-state index in [9.17, 15) is 10.2 Å². The Bertz CT molecular complexity index is 558. The Morgan fingerprint density at radius 2 is 2.00 bits per heavy atom. The topological polar surface area (TPSA) is 85.3 Å². The number of aliphatic hydroxyl groups is 2. The number of aromatic nitrogens is 3. The molecule has 2 aromatic heterocycles. The number of fused-ring (bicyclic) bond motifs is 1. The second kappa shape index (κ2) is 4.22. The monoisotopic (exact) mass is 248 g/mol. The molecule has 0 amide bonds. The minimum Gasteiger partial charge on any atom is -0.391 e. The van der Waals surface area contributed by atoms with Crippen LogP contribution in [0, 0.1) is 6.92 Å². The summed E-state index contributed by atoms with van der Waals surface area (Å²) in [5.41, 5.74) is 0.784. The molecule has 0 unspecified atom stereocenters. The van der Waals surface area contributed by atoms with Crippen LogP contribution >= 0.6 is 0 Å². The molecule has 2 atom stereocenters. The molecule has 6 nitrogen and oxygen atoms in total. The number of β-amino-alcohol motifs (C(OH)–C–C–N with tert-alkyl or cyclic N) is 2. The number of aliphatic hydroxyl groups excluding tert-OH is 2. The molecule has 0 bridgehead atoms. The van der Waals surface area contributed by atoms with Crippen LogP contribution in [-0.2, 0) is 0 Å². The molecule has 0 saturated carbocycles. The fourth-order valence-electron chi connectivity index (χ4n) is 2.49. The van der Waals surface area contributed by atoms with Crippen molar-refractivity contribution in [3.63, 3.8) is 0 Å². The van der Waals surface area contributed by atoms with Crippen LogP contribution in [0.25, 0.3) is 11.0 Å². The highest BCUT2D eigenvalue weighted by Gasteiger charge is 2.26. The second-order valence-electron chi connectivity index (χ2n) is 4.78. The van der Waals surface area contributed by atoms with Gasteiger partial charge in [0.1, 0.15) is 17.3 Å². The molecule has 2 aromatic rings. The lowest BCUT2D eigenvalue weighted by Crippen LogP contribution is -2.46. The molecular formula is C12H16N4O2. The first-order valence-corrected chi connectivity index (χ1v) is 6.06. The zero-order chi connectivity index (χ0) is 12.7. The number of hydrogen-bond acceptors (Lipinski definition) is 5. The van der Waals surface area contributed by atoms with Crippen LogP contribution in [0.3, 0.4) is 0 Å². The summed E-state index contributed by atoms with van der Waals surface area (Å²) < 4.78 is 0. The maximum atomic E-state index is 9.75. The zero-order valence-electron chi connectivity index (χ0n) is 10.2. The lowest BCUT2D eigenvalue weighted by Gasteiger charge is -2.34. The van der Waals surface area contributed by atoms with Gasteiger partial charge in [-0.25, -0.2) is 9.97 Å². The van der Waals surface area contributed by atoms with E-state index in [-0.39, 0.29) is 0 Å². The van der Waals surface area contributed by atoms with Crippen molar-refractivity contribution in [3.05, 3.63) is 18.1 Å². The highest BCUT2D eigenvalue weighted by atomic mass is 16.3. The normalized spacial score (nSPS) is 24.7. The molecule has 0 aromatic carbocycles. The third kappa shape index (κ3) is 1.93. The summed E-state index contributed by atoms with van der Waals surface area (Å²) in [6, 6.07) is 1.91. The number of nitrogens with zero attached hydrogens (tertiary/aromatic N) is 3. The molecule has 6 heteroatoms. The van der Waals surface area contributed by atoms with Gasteiger partial charge >= 0.3 is 0 Å². The first-order chi connectivity index (χ1) is 8.63. The standard InChI is InChI=1S/C12H16N4O2/c1-7-14-11-10(2-3-13-11)12(15-7)16-5-8(17)4-9(18)6-16/h2-3,8-9,17-18H,4-6H2,1H3,(H,13,14,15)/t8-,9+. The maximum absolute atomic E-state index is 9.75. The lowest BCUT2D eigenvalue weighted by molar-refractivity contribution is 0.0649. The van der Waals surface area contributed by atoms with E-state index in [4.69, 9.17) is 0 Å². The largest absolute Gasteiger partial charge is 0.391 e. The first-order valence-electron chi connectivity index (χ1n) is 6.06. The summed E-state index contributed by atoms with van der Waals surface area (Å²) in [7, 11) is 0. The molecule has 1 fully saturated rings. The average Bonchev–Trinajstić information content (AvgIpc) is 2.74. The van der Waals surface area contributed by atoms with Crippen molar-refractivity contribution >= 4 is 16.9 Å².